The number of anilines is 2. The Morgan fingerprint density at radius 1 is 1.04 bits per heavy atom. The maximum absolute atomic E-state index is 12.1. The minimum atomic E-state index is -0.270. The van der Waals surface area contributed by atoms with Gasteiger partial charge in [-0.05, 0) is 37.8 Å². The van der Waals surface area contributed by atoms with Gasteiger partial charge in [0.05, 0.1) is 17.9 Å². The molecule has 0 radical (unpaired) electrons. The molecule has 1 aromatic carbocycles. The van der Waals surface area contributed by atoms with E-state index in [4.69, 9.17) is 0 Å². The summed E-state index contributed by atoms with van der Waals surface area (Å²) in [6, 6.07) is 7.91. The summed E-state index contributed by atoms with van der Waals surface area (Å²) in [6.45, 7) is 2.02. The second-order valence-electron chi connectivity index (χ2n) is 6.57. The highest BCUT2D eigenvalue weighted by atomic mass is 16.2. The maximum Gasteiger partial charge on any atom is 0.315 e. The Morgan fingerprint density at radius 3 is 2.46 bits per heavy atom. The molecule has 3 N–H and O–H groups in total. The molecule has 0 atom stereocenters. The van der Waals surface area contributed by atoms with Gasteiger partial charge in [0, 0.05) is 19.1 Å². The highest BCUT2D eigenvalue weighted by Crippen LogP contribution is 2.27. The first kappa shape index (κ1) is 16.6. The van der Waals surface area contributed by atoms with Gasteiger partial charge in [0.25, 0.3) is 0 Å². The van der Waals surface area contributed by atoms with E-state index in [2.05, 4.69) is 20.9 Å². The zero-order valence-corrected chi connectivity index (χ0v) is 14.0. The Labute approximate surface area is 143 Å². The molecular formula is C18H26N4O2. The Kier molecular flexibility index (Phi) is 5.56. The minimum Gasteiger partial charge on any atom is -0.370 e. The fourth-order valence-electron chi connectivity index (χ4n) is 2.99. The van der Waals surface area contributed by atoms with Crippen molar-refractivity contribution in [3.63, 3.8) is 0 Å². The van der Waals surface area contributed by atoms with Crippen molar-refractivity contribution < 1.29 is 9.59 Å². The maximum atomic E-state index is 12.1. The van der Waals surface area contributed by atoms with Crippen LogP contribution in [0.3, 0.4) is 0 Å². The molecule has 0 spiro atoms. The number of nitrogens with zero attached hydrogens (tertiary/aromatic N) is 1. The van der Waals surface area contributed by atoms with E-state index in [1.165, 1.54) is 25.7 Å². The number of hydrogen-bond acceptors (Lipinski definition) is 3. The first-order valence-corrected chi connectivity index (χ1v) is 8.90. The summed E-state index contributed by atoms with van der Waals surface area (Å²) in [5.41, 5.74) is 1.88. The molecule has 0 bridgehead atoms. The van der Waals surface area contributed by atoms with Crippen molar-refractivity contribution in [2.75, 3.05) is 29.9 Å². The van der Waals surface area contributed by atoms with Crippen LogP contribution in [0.5, 0.6) is 0 Å². The van der Waals surface area contributed by atoms with E-state index in [0.29, 0.717) is 0 Å². The average Bonchev–Trinajstić information content (AvgIpc) is 3.40. The number of urea groups is 1. The zero-order valence-electron chi connectivity index (χ0n) is 14.0. The van der Waals surface area contributed by atoms with Crippen LogP contribution < -0.4 is 20.9 Å². The fraction of sp³-hybridized carbons (Fsp3) is 0.556. The van der Waals surface area contributed by atoms with Gasteiger partial charge in [0.2, 0.25) is 5.91 Å². The van der Waals surface area contributed by atoms with Gasteiger partial charge in [-0.25, -0.2) is 4.79 Å². The van der Waals surface area contributed by atoms with Gasteiger partial charge in [-0.2, -0.15) is 0 Å². The third kappa shape index (κ3) is 4.88. The molecule has 3 amide bonds. The minimum absolute atomic E-state index is 0.0209. The molecule has 1 saturated carbocycles. The van der Waals surface area contributed by atoms with E-state index in [1.54, 1.807) is 0 Å². The van der Waals surface area contributed by atoms with Crippen LogP contribution >= 0.6 is 0 Å². The lowest BCUT2D eigenvalue weighted by Gasteiger charge is -2.25. The topological polar surface area (TPSA) is 73.5 Å². The summed E-state index contributed by atoms with van der Waals surface area (Å²) in [4.78, 5) is 26.1. The number of nitrogens with one attached hydrogen (secondary N) is 3. The summed E-state index contributed by atoms with van der Waals surface area (Å²) in [5.74, 6) is -0.205. The van der Waals surface area contributed by atoms with Gasteiger partial charge in [-0.15, -0.1) is 0 Å². The molecule has 1 saturated heterocycles. The average molecular weight is 330 g/mol. The van der Waals surface area contributed by atoms with Gasteiger partial charge in [-0.3, -0.25) is 4.79 Å². The van der Waals surface area contributed by atoms with Crippen LogP contribution in [0.1, 0.15) is 38.5 Å². The summed E-state index contributed by atoms with van der Waals surface area (Å²) >= 11 is 0. The highest BCUT2D eigenvalue weighted by molar-refractivity contribution is 5.97. The predicted octanol–water partition coefficient (Wildman–Crippen LogP) is 2.47. The van der Waals surface area contributed by atoms with Gasteiger partial charge in [0.1, 0.15) is 0 Å². The Bertz CT molecular complexity index is 578. The van der Waals surface area contributed by atoms with Crippen molar-refractivity contribution in [3.05, 3.63) is 24.3 Å². The van der Waals surface area contributed by atoms with Crippen LogP contribution in [-0.4, -0.2) is 37.6 Å². The largest absolute Gasteiger partial charge is 0.370 e. The van der Waals surface area contributed by atoms with Crippen molar-refractivity contribution in [2.45, 2.75) is 44.6 Å². The van der Waals surface area contributed by atoms with Crippen LogP contribution in [0.4, 0.5) is 16.2 Å². The third-order valence-electron chi connectivity index (χ3n) is 4.45. The fourth-order valence-corrected chi connectivity index (χ4v) is 2.99. The highest BCUT2D eigenvalue weighted by Gasteiger charge is 2.23. The molecule has 24 heavy (non-hydrogen) atoms. The van der Waals surface area contributed by atoms with Crippen molar-refractivity contribution in [1.29, 1.82) is 0 Å². The second-order valence-corrected chi connectivity index (χ2v) is 6.57. The number of amides is 3. The van der Waals surface area contributed by atoms with Crippen LogP contribution in [0.25, 0.3) is 0 Å². The van der Waals surface area contributed by atoms with Crippen LogP contribution in [0.2, 0.25) is 0 Å². The van der Waals surface area contributed by atoms with Crippen molar-refractivity contribution in [1.82, 2.24) is 10.6 Å². The van der Waals surface area contributed by atoms with E-state index >= 15 is 0 Å². The molecule has 1 aliphatic heterocycles. The lowest BCUT2D eigenvalue weighted by molar-refractivity contribution is -0.115. The summed E-state index contributed by atoms with van der Waals surface area (Å²) < 4.78 is 0. The van der Waals surface area contributed by atoms with Gasteiger partial charge in [-0.1, -0.05) is 25.0 Å². The molecule has 130 valence electrons. The summed E-state index contributed by atoms with van der Waals surface area (Å²) in [5, 5.41) is 8.34. The Balaban J connectivity index is 1.55. The summed E-state index contributed by atoms with van der Waals surface area (Å²) in [6.07, 6.45) is 6.97. The lowest BCUT2D eigenvalue weighted by Crippen LogP contribution is -2.41. The number of hydrogen-bond donors (Lipinski definition) is 3. The molecule has 1 aliphatic carbocycles. The SMILES string of the molecule is O=C(CNC(=O)NC1CC1)Nc1ccccc1N1CCCCCC1. The van der Waals surface area contributed by atoms with Crippen molar-refractivity contribution in [3.8, 4) is 0 Å². The second kappa shape index (κ2) is 8.04. The molecule has 1 heterocycles. The zero-order chi connectivity index (χ0) is 16.8. The molecule has 6 heteroatoms. The molecule has 1 aromatic rings. The standard InChI is InChI=1S/C18H26N4O2/c23-17(13-19-18(24)20-14-9-10-14)21-15-7-3-4-8-16(15)22-11-5-1-2-6-12-22/h3-4,7-8,14H,1-2,5-6,9-13H2,(H,21,23)(H2,19,20,24). The van der Waals surface area contributed by atoms with Crippen LogP contribution in [-0.2, 0) is 4.79 Å². The van der Waals surface area contributed by atoms with E-state index in [-0.39, 0.29) is 24.5 Å². The molecule has 6 nitrogen and oxygen atoms in total. The quantitative estimate of drug-likeness (QED) is 0.776. The van der Waals surface area contributed by atoms with Gasteiger partial charge >= 0.3 is 6.03 Å². The molecule has 2 fully saturated rings. The van der Waals surface area contributed by atoms with E-state index in [0.717, 1.165) is 37.3 Å². The Hall–Kier alpha value is -2.24. The number of benzene rings is 1. The van der Waals surface area contributed by atoms with Crippen LogP contribution in [0.15, 0.2) is 24.3 Å². The Morgan fingerprint density at radius 2 is 1.75 bits per heavy atom. The van der Waals surface area contributed by atoms with E-state index < -0.39 is 0 Å². The number of carbonyl (C=O) groups is 2. The number of carbonyl (C=O) groups excluding carboxylic acids is 2. The third-order valence-corrected chi connectivity index (χ3v) is 4.45. The molecule has 0 unspecified atom stereocenters. The summed E-state index contributed by atoms with van der Waals surface area (Å²) in [7, 11) is 0. The van der Waals surface area contributed by atoms with Crippen molar-refractivity contribution in [2.24, 2.45) is 0 Å². The molecule has 3 rings (SSSR count). The first-order chi connectivity index (χ1) is 11.7. The van der Waals surface area contributed by atoms with Crippen LogP contribution in [0, 0.1) is 0 Å². The van der Waals surface area contributed by atoms with E-state index in [9.17, 15) is 9.59 Å². The predicted molar refractivity (Wildman–Crippen MR) is 95.3 cm³/mol. The normalized spacial score (nSPS) is 17.8. The number of rotatable bonds is 5. The van der Waals surface area contributed by atoms with E-state index in [1.807, 2.05) is 24.3 Å². The monoisotopic (exact) mass is 330 g/mol. The smallest absolute Gasteiger partial charge is 0.315 e. The van der Waals surface area contributed by atoms with Gasteiger partial charge < -0.3 is 20.9 Å². The van der Waals surface area contributed by atoms with Gasteiger partial charge in [0.15, 0.2) is 0 Å². The van der Waals surface area contributed by atoms with Crippen molar-refractivity contribution >= 4 is 23.3 Å². The molecule has 0 aromatic heterocycles. The first-order valence-electron chi connectivity index (χ1n) is 8.90. The molecular weight excluding hydrogens is 304 g/mol. The number of para-hydroxylation sites is 2. The molecule has 2 aliphatic rings. The lowest BCUT2D eigenvalue weighted by atomic mass is 10.2.